The zero-order valence-electron chi connectivity index (χ0n) is 13.9. The van der Waals surface area contributed by atoms with Crippen molar-refractivity contribution in [1.82, 2.24) is 19.5 Å². The largest absolute Gasteiger partial charge is 0.396 e. The smallest absolute Gasteiger partial charge is 0.165 e. The molecule has 0 saturated heterocycles. The highest BCUT2D eigenvalue weighted by molar-refractivity contribution is 6.33. The van der Waals surface area contributed by atoms with Gasteiger partial charge in [0.1, 0.15) is 11.8 Å². The van der Waals surface area contributed by atoms with Crippen LogP contribution in [-0.4, -0.2) is 31.2 Å². The maximum absolute atomic E-state index is 9.37. The second-order valence-electron chi connectivity index (χ2n) is 6.06. The standard InChI is InChI=1S/C17H27ClN4O/c1-2-3-4-5-6-7-8-9-14(10-11-23)22-13-21-15-16(18)19-12-20-17(15)22/h12-14,23H,2-11H2,1H3. The molecular formula is C17H27ClN4O. The van der Waals surface area contributed by atoms with Crippen LogP contribution in [0.1, 0.15) is 70.8 Å². The Morgan fingerprint density at radius 1 is 1.04 bits per heavy atom. The Hall–Kier alpha value is -1.20. The van der Waals surface area contributed by atoms with Crippen LogP contribution in [0.5, 0.6) is 0 Å². The number of rotatable bonds is 11. The lowest BCUT2D eigenvalue weighted by atomic mass is 10.0. The molecule has 1 unspecified atom stereocenters. The predicted molar refractivity (Wildman–Crippen MR) is 93.7 cm³/mol. The second kappa shape index (κ2) is 9.83. The zero-order chi connectivity index (χ0) is 16.5. The fourth-order valence-electron chi connectivity index (χ4n) is 3.00. The third-order valence-electron chi connectivity index (χ3n) is 4.31. The average molecular weight is 339 g/mol. The number of hydrogen-bond donors (Lipinski definition) is 1. The van der Waals surface area contributed by atoms with E-state index in [1.165, 1.54) is 44.9 Å². The second-order valence-corrected chi connectivity index (χ2v) is 6.42. The van der Waals surface area contributed by atoms with Crippen LogP contribution in [0, 0.1) is 0 Å². The maximum atomic E-state index is 9.37. The number of halogens is 1. The molecule has 1 N–H and O–H groups in total. The van der Waals surface area contributed by atoms with Crippen LogP contribution in [-0.2, 0) is 0 Å². The first-order valence-corrected chi connectivity index (χ1v) is 9.09. The summed E-state index contributed by atoms with van der Waals surface area (Å²) >= 11 is 6.06. The molecule has 0 fully saturated rings. The topological polar surface area (TPSA) is 63.8 Å². The molecule has 2 rings (SSSR count). The van der Waals surface area contributed by atoms with Crippen LogP contribution in [0.4, 0.5) is 0 Å². The van der Waals surface area contributed by atoms with Gasteiger partial charge in [-0.2, -0.15) is 0 Å². The summed E-state index contributed by atoms with van der Waals surface area (Å²) in [5, 5.41) is 9.75. The maximum Gasteiger partial charge on any atom is 0.165 e. The monoisotopic (exact) mass is 338 g/mol. The van der Waals surface area contributed by atoms with E-state index in [1.54, 1.807) is 6.33 Å². The molecule has 6 heteroatoms. The first kappa shape index (κ1) is 18.1. The molecule has 0 radical (unpaired) electrons. The van der Waals surface area contributed by atoms with E-state index in [9.17, 15) is 5.11 Å². The molecule has 2 aromatic heterocycles. The van der Waals surface area contributed by atoms with Crippen molar-refractivity contribution in [1.29, 1.82) is 0 Å². The Bertz CT molecular complexity index is 587. The van der Waals surface area contributed by atoms with Gasteiger partial charge in [0.25, 0.3) is 0 Å². The molecule has 0 aliphatic carbocycles. The normalized spacial score (nSPS) is 12.8. The number of aliphatic hydroxyl groups excluding tert-OH is 1. The summed E-state index contributed by atoms with van der Waals surface area (Å²) in [7, 11) is 0. The minimum atomic E-state index is 0.166. The van der Waals surface area contributed by atoms with Crippen molar-refractivity contribution >= 4 is 22.8 Å². The highest BCUT2D eigenvalue weighted by atomic mass is 35.5. The molecule has 0 aromatic carbocycles. The minimum Gasteiger partial charge on any atom is -0.396 e. The SMILES string of the molecule is CCCCCCCCCC(CCO)n1cnc2c(Cl)ncnc21. The van der Waals surface area contributed by atoms with Gasteiger partial charge >= 0.3 is 0 Å². The van der Waals surface area contributed by atoms with Crippen molar-refractivity contribution < 1.29 is 5.11 Å². The summed E-state index contributed by atoms with van der Waals surface area (Å²) in [6, 6.07) is 0.214. The third kappa shape index (κ3) is 5.15. The van der Waals surface area contributed by atoms with Crippen molar-refractivity contribution in [2.75, 3.05) is 6.61 Å². The third-order valence-corrected chi connectivity index (χ3v) is 4.59. The van der Waals surface area contributed by atoms with Crippen molar-refractivity contribution in [2.45, 2.75) is 70.8 Å². The van der Waals surface area contributed by atoms with Crippen LogP contribution < -0.4 is 0 Å². The van der Waals surface area contributed by atoms with Gasteiger partial charge in [-0.05, 0) is 12.8 Å². The molecule has 128 valence electrons. The first-order chi connectivity index (χ1) is 11.3. The molecule has 0 saturated carbocycles. The number of aliphatic hydroxyl groups is 1. The Morgan fingerprint density at radius 3 is 2.52 bits per heavy atom. The molecular weight excluding hydrogens is 312 g/mol. The van der Waals surface area contributed by atoms with Gasteiger partial charge in [0, 0.05) is 12.6 Å². The lowest BCUT2D eigenvalue weighted by molar-refractivity contribution is 0.251. The molecule has 23 heavy (non-hydrogen) atoms. The Morgan fingerprint density at radius 2 is 1.78 bits per heavy atom. The van der Waals surface area contributed by atoms with Crippen LogP contribution in [0.15, 0.2) is 12.7 Å². The molecule has 2 heterocycles. The van der Waals surface area contributed by atoms with Gasteiger partial charge in [0.15, 0.2) is 10.8 Å². The van der Waals surface area contributed by atoms with Crippen molar-refractivity contribution in [3.8, 4) is 0 Å². The predicted octanol–water partition coefficient (Wildman–Crippen LogP) is 4.54. The van der Waals surface area contributed by atoms with Gasteiger partial charge in [0.2, 0.25) is 0 Å². The molecule has 2 aromatic rings. The van der Waals surface area contributed by atoms with E-state index in [0.717, 1.165) is 18.5 Å². The molecule has 5 nitrogen and oxygen atoms in total. The first-order valence-electron chi connectivity index (χ1n) is 8.71. The van der Waals surface area contributed by atoms with Crippen LogP contribution in [0.25, 0.3) is 11.2 Å². The van der Waals surface area contributed by atoms with Crippen molar-refractivity contribution in [3.63, 3.8) is 0 Å². The summed E-state index contributed by atoms with van der Waals surface area (Å²) in [4.78, 5) is 12.6. The van der Waals surface area contributed by atoms with Crippen LogP contribution >= 0.6 is 11.6 Å². The molecule has 0 aliphatic heterocycles. The van der Waals surface area contributed by atoms with E-state index < -0.39 is 0 Å². The Kier molecular flexibility index (Phi) is 7.76. The molecule has 0 bridgehead atoms. The number of hydrogen-bond acceptors (Lipinski definition) is 4. The van der Waals surface area contributed by atoms with Crippen LogP contribution in [0.2, 0.25) is 5.15 Å². The zero-order valence-corrected chi connectivity index (χ0v) is 14.7. The minimum absolute atomic E-state index is 0.166. The molecule has 0 spiro atoms. The average Bonchev–Trinajstić information content (AvgIpc) is 2.98. The van der Waals surface area contributed by atoms with Gasteiger partial charge in [-0.15, -0.1) is 0 Å². The van der Waals surface area contributed by atoms with Gasteiger partial charge in [-0.25, -0.2) is 15.0 Å². The Labute approximate surface area is 143 Å². The highest BCUT2D eigenvalue weighted by Gasteiger charge is 2.16. The fraction of sp³-hybridized carbons (Fsp3) is 0.706. The van der Waals surface area contributed by atoms with E-state index in [2.05, 4.69) is 21.9 Å². The molecule has 0 aliphatic rings. The lowest BCUT2D eigenvalue weighted by Gasteiger charge is -2.18. The number of fused-ring (bicyclic) bond motifs is 1. The highest BCUT2D eigenvalue weighted by Crippen LogP contribution is 2.26. The Balaban J connectivity index is 1.91. The molecule has 0 amide bonds. The summed E-state index contributed by atoms with van der Waals surface area (Å²) < 4.78 is 2.04. The lowest BCUT2D eigenvalue weighted by Crippen LogP contribution is -2.11. The molecule has 1 atom stereocenters. The summed E-state index contributed by atoms with van der Waals surface area (Å²) in [5.41, 5.74) is 1.39. The van der Waals surface area contributed by atoms with Gasteiger partial charge in [-0.3, -0.25) is 0 Å². The number of unbranched alkanes of at least 4 members (excludes halogenated alkanes) is 6. The van der Waals surface area contributed by atoms with Crippen molar-refractivity contribution in [2.24, 2.45) is 0 Å². The van der Waals surface area contributed by atoms with E-state index in [0.29, 0.717) is 17.1 Å². The number of aromatic nitrogens is 4. The quantitative estimate of drug-likeness (QED) is 0.482. The van der Waals surface area contributed by atoms with Gasteiger partial charge in [0.05, 0.1) is 6.33 Å². The van der Waals surface area contributed by atoms with Gasteiger partial charge < -0.3 is 9.67 Å². The summed E-state index contributed by atoms with van der Waals surface area (Å²) in [5.74, 6) is 0. The fourth-order valence-corrected chi connectivity index (χ4v) is 3.18. The summed E-state index contributed by atoms with van der Waals surface area (Å²) in [6.07, 6.45) is 14.0. The van der Waals surface area contributed by atoms with Gasteiger partial charge in [-0.1, -0.05) is 63.5 Å². The van der Waals surface area contributed by atoms with E-state index in [4.69, 9.17) is 11.6 Å². The van der Waals surface area contributed by atoms with E-state index in [1.807, 2.05) is 4.57 Å². The number of nitrogens with zero attached hydrogens (tertiary/aromatic N) is 4. The summed E-state index contributed by atoms with van der Waals surface area (Å²) in [6.45, 7) is 2.41. The van der Waals surface area contributed by atoms with Crippen molar-refractivity contribution in [3.05, 3.63) is 17.8 Å². The van der Waals surface area contributed by atoms with E-state index >= 15 is 0 Å². The van der Waals surface area contributed by atoms with E-state index in [-0.39, 0.29) is 12.6 Å². The number of imidazole rings is 1. The van der Waals surface area contributed by atoms with Crippen LogP contribution in [0.3, 0.4) is 0 Å².